The summed E-state index contributed by atoms with van der Waals surface area (Å²) in [5.41, 5.74) is 3.14. The minimum Gasteiger partial charge on any atom is -0.497 e. The largest absolute Gasteiger partial charge is 0.497 e. The summed E-state index contributed by atoms with van der Waals surface area (Å²) in [4.78, 5) is 5.58. The van der Waals surface area contributed by atoms with Crippen molar-refractivity contribution in [3.05, 3.63) is 35.0 Å². The van der Waals surface area contributed by atoms with Gasteiger partial charge in [0, 0.05) is 5.56 Å². The highest BCUT2D eigenvalue weighted by molar-refractivity contribution is 7.16. The predicted molar refractivity (Wildman–Crippen MR) is 72.3 cm³/mol. The fourth-order valence-electron chi connectivity index (χ4n) is 1.97. The molecule has 0 N–H and O–H groups in total. The molecular weight excluding hydrogens is 246 g/mol. The summed E-state index contributed by atoms with van der Waals surface area (Å²) >= 11 is 1.61. The summed E-state index contributed by atoms with van der Waals surface area (Å²) < 4.78 is 7.06. The molecule has 4 nitrogen and oxygen atoms in total. The van der Waals surface area contributed by atoms with E-state index in [1.54, 1.807) is 18.4 Å². The summed E-state index contributed by atoms with van der Waals surface area (Å²) in [6, 6.07) is 7.93. The normalized spacial score (nSPS) is 11.1. The van der Waals surface area contributed by atoms with Crippen LogP contribution in [0.25, 0.3) is 16.2 Å². The van der Waals surface area contributed by atoms with E-state index in [2.05, 4.69) is 10.1 Å². The first-order valence-electron chi connectivity index (χ1n) is 5.66. The van der Waals surface area contributed by atoms with Crippen molar-refractivity contribution in [1.82, 2.24) is 14.6 Å². The van der Waals surface area contributed by atoms with E-state index in [1.165, 1.54) is 0 Å². The Balaban J connectivity index is 2.12. The molecule has 1 aromatic carbocycles. The van der Waals surface area contributed by atoms with Crippen molar-refractivity contribution >= 4 is 16.3 Å². The number of ether oxygens (including phenoxy) is 1. The van der Waals surface area contributed by atoms with Crippen molar-refractivity contribution in [2.75, 3.05) is 7.11 Å². The first-order valence-corrected chi connectivity index (χ1v) is 6.48. The fraction of sp³-hybridized carbons (Fsp3) is 0.231. The number of methoxy groups -OCH3 is 1. The Labute approximate surface area is 109 Å². The Morgan fingerprint density at radius 3 is 2.50 bits per heavy atom. The number of hydrogen-bond donors (Lipinski definition) is 0. The average Bonchev–Trinajstić information content (AvgIpc) is 2.88. The van der Waals surface area contributed by atoms with Gasteiger partial charge in [0.05, 0.1) is 18.5 Å². The van der Waals surface area contributed by atoms with E-state index in [1.807, 2.05) is 42.6 Å². The van der Waals surface area contributed by atoms with Gasteiger partial charge in [0.15, 0.2) is 0 Å². The second-order valence-electron chi connectivity index (χ2n) is 4.09. The van der Waals surface area contributed by atoms with E-state index in [9.17, 15) is 0 Å². The van der Waals surface area contributed by atoms with Crippen LogP contribution < -0.4 is 4.74 Å². The quantitative estimate of drug-likeness (QED) is 0.710. The van der Waals surface area contributed by atoms with Crippen LogP contribution in [-0.4, -0.2) is 21.7 Å². The first-order chi connectivity index (χ1) is 8.69. The monoisotopic (exact) mass is 259 g/mol. The molecule has 0 amide bonds. The van der Waals surface area contributed by atoms with Gasteiger partial charge in [0.2, 0.25) is 4.96 Å². The molecule has 0 atom stereocenters. The van der Waals surface area contributed by atoms with E-state index in [0.29, 0.717) is 0 Å². The first kappa shape index (κ1) is 11.2. The zero-order chi connectivity index (χ0) is 12.7. The molecular formula is C13H13N3OS. The molecule has 0 aliphatic carbocycles. The van der Waals surface area contributed by atoms with Crippen molar-refractivity contribution in [2.24, 2.45) is 0 Å². The van der Waals surface area contributed by atoms with Crippen LogP contribution in [0.15, 0.2) is 24.3 Å². The fourth-order valence-corrected chi connectivity index (χ4v) is 2.76. The number of hydrogen-bond acceptors (Lipinski definition) is 4. The standard InChI is InChI=1S/C13H13N3OS/c1-8-12(10-4-6-11(17-3)7-5-10)14-13-16(8)15-9(2)18-13/h4-7H,1-3H3. The van der Waals surface area contributed by atoms with E-state index >= 15 is 0 Å². The van der Waals surface area contributed by atoms with Crippen molar-refractivity contribution in [3.8, 4) is 17.0 Å². The van der Waals surface area contributed by atoms with Gasteiger partial charge in [0.25, 0.3) is 0 Å². The van der Waals surface area contributed by atoms with Crippen LogP contribution in [0.2, 0.25) is 0 Å². The summed E-state index contributed by atoms with van der Waals surface area (Å²) in [5, 5.41) is 5.47. The number of benzene rings is 1. The van der Waals surface area contributed by atoms with E-state index in [0.717, 1.165) is 32.7 Å². The number of fused-ring (bicyclic) bond motifs is 1. The Morgan fingerprint density at radius 2 is 1.89 bits per heavy atom. The third kappa shape index (κ3) is 1.67. The minimum absolute atomic E-state index is 0.853. The van der Waals surface area contributed by atoms with Crippen LogP contribution >= 0.6 is 11.3 Å². The number of imidazole rings is 1. The smallest absolute Gasteiger partial charge is 0.212 e. The minimum atomic E-state index is 0.853. The molecule has 0 unspecified atom stereocenters. The highest BCUT2D eigenvalue weighted by Gasteiger charge is 2.13. The predicted octanol–water partition coefficient (Wildman–Crippen LogP) is 3.08. The average molecular weight is 259 g/mol. The maximum Gasteiger partial charge on any atom is 0.212 e. The van der Waals surface area contributed by atoms with Gasteiger partial charge in [-0.15, -0.1) is 0 Å². The Bertz CT molecular complexity index is 697. The number of nitrogens with zero attached hydrogens (tertiary/aromatic N) is 3. The lowest BCUT2D eigenvalue weighted by Crippen LogP contribution is -1.89. The van der Waals surface area contributed by atoms with Crippen LogP contribution in [0.1, 0.15) is 10.7 Å². The van der Waals surface area contributed by atoms with Crippen LogP contribution in [0.5, 0.6) is 5.75 Å². The number of rotatable bonds is 2. The van der Waals surface area contributed by atoms with Gasteiger partial charge >= 0.3 is 0 Å². The molecule has 5 heteroatoms. The molecule has 2 heterocycles. The second kappa shape index (κ2) is 4.10. The second-order valence-corrected chi connectivity index (χ2v) is 5.25. The molecule has 0 aliphatic rings. The van der Waals surface area contributed by atoms with Crippen molar-refractivity contribution in [3.63, 3.8) is 0 Å². The molecule has 0 saturated heterocycles. The lowest BCUT2D eigenvalue weighted by molar-refractivity contribution is 0.415. The molecule has 3 rings (SSSR count). The molecule has 0 fully saturated rings. The van der Waals surface area contributed by atoms with Gasteiger partial charge in [0.1, 0.15) is 10.8 Å². The molecule has 0 bridgehead atoms. The maximum absolute atomic E-state index is 5.16. The molecule has 0 aliphatic heterocycles. The third-order valence-electron chi connectivity index (χ3n) is 2.89. The van der Waals surface area contributed by atoms with Crippen LogP contribution in [0.3, 0.4) is 0 Å². The molecule has 0 saturated carbocycles. The SMILES string of the molecule is COc1ccc(-c2nc3sc(C)nn3c2C)cc1. The molecule has 2 aromatic heterocycles. The maximum atomic E-state index is 5.16. The van der Waals surface area contributed by atoms with Gasteiger partial charge in [-0.1, -0.05) is 11.3 Å². The Kier molecular flexibility index (Phi) is 2.56. The topological polar surface area (TPSA) is 39.4 Å². The molecule has 18 heavy (non-hydrogen) atoms. The van der Waals surface area contributed by atoms with E-state index in [4.69, 9.17) is 4.74 Å². The van der Waals surface area contributed by atoms with Crippen molar-refractivity contribution in [2.45, 2.75) is 13.8 Å². The summed E-state index contributed by atoms with van der Waals surface area (Å²) in [6.45, 7) is 4.03. The molecule has 0 radical (unpaired) electrons. The van der Waals surface area contributed by atoms with E-state index in [-0.39, 0.29) is 0 Å². The van der Waals surface area contributed by atoms with E-state index < -0.39 is 0 Å². The highest BCUT2D eigenvalue weighted by atomic mass is 32.1. The number of aromatic nitrogens is 3. The molecule has 92 valence electrons. The molecule has 3 aromatic rings. The lowest BCUT2D eigenvalue weighted by atomic mass is 10.1. The van der Waals surface area contributed by atoms with Crippen LogP contribution in [0, 0.1) is 13.8 Å². The van der Waals surface area contributed by atoms with Gasteiger partial charge in [-0.3, -0.25) is 0 Å². The van der Waals surface area contributed by atoms with Gasteiger partial charge in [-0.05, 0) is 38.1 Å². The zero-order valence-corrected chi connectivity index (χ0v) is 11.3. The summed E-state index contributed by atoms with van der Waals surface area (Å²) in [7, 11) is 1.67. The highest BCUT2D eigenvalue weighted by Crippen LogP contribution is 2.27. The Hall–Kier alpha value is -1.88. The summed E-state index contributed by atoms with van der Waals surface area (Å²) in [6.07, 6.45) is 0. The zero-order valence-electron chi connectivity index (χ0n) is 10.5. The third-order valence-corrected chi connectivity index (χ3v) is 3.72. The van der Waals surface area contributed by atoms with Gasteiger partial charge in [-0.2, -0.15) is 5.10 Å². The van der Waals surface area contributed by atoms with Crippen molar-refractivity contribution < 1.29 is 4.74 Å². The summed E-state index contributed by atoms with van der Waals surface area (Å²) in [5.74, 6) is 0.853. The lowest BCUT2D eigenvalue weighted by Gasteiger charge is -2.01. The van der Waals surface area contributed by atoms with Crippen LogP contribution in [0.4, 0.5) is 0 Å². The van der Waals surface area contributed by atoms with Gasteiger partial charge in [-0.25, -0.2) is 9.50 Å². The molecule has 0 spiro atoms. The van der Waals surface area contributed by atoms with Crippen LogP contribution in [-0.2, 0) is 0 Å². The number of aryl methyl sites for hydroxylation is 2. The van der Waals surface area contributed by atoms with Gasteiger partial charge < -0.3 is 4.74 Å². The Morgan fingerprint density at radius 1 is 1.17 bits per heavy atom. The van der Waals surface area contributed by atoms with Crippen molar-refractivity contribution in [1.29, 1.82) is 0 Å².